The van der Waals surface area contributed by atoms with Gasteiger partial charge in [-0.1, -0.05) is 6.07 Å². The molecule has 0 spiro atoms. The molecule has 0 saturated heterocycles. The fourth-order valence-corrected chi connectivity index (χ4v) is 4.43. The van der Waals surface area contributed by atoms with Crippen LogP contribution in [0.3, 0.4) is 0 Å². The predicted octanol–water partition coefficient (Wildman–Crippen LogP) is 3.56. The van der Waals surface area contributed by atoms with Crippen molar-refractivity contribution in [2.75, 3.05) is 0 Å². The molecule has 138 valence electrons. The van der Waals surface area contributed by atoms with Crippen LogP contribution in [-0.2, 0) is 20.3 Å². The average Bonchev–Trinajstić information content (AvgIpc) is 3.08. The van der Waals surface area contributed by atoms with Gasteiger partial charge < -0.3 is 4.74 Å². The highest BCUT2D eigenvalue weighted by Crippen LogP contribution is 2.26. The van der Waals surface area contributed by atoms with Crippen LogP contribution in [0.15, 0.2) is 34.2 Å². The first-order valence-electron chi connectivity index (χ1n) is 7.89. The zero-order valence-electron chi connectivity index (χ0n) is 14.9. The molecule has 3 aromatic heterocycles. The summed E-state index contributed by atoms with van der Waals surface area (Å²) in [5, 5.41) is 3.04. The third kappa shape index (κ3) is 3.78. The van der Waals surface area contributed by atoms with E-state index >= 15 is 0 Å². The van der Waals surface area contributed by atoms with Gasteiger partial charge in [-0.3, -0.25) is 4.98 Å². The maximum atomic E-state index is 12.9. The summed E-state index contributed by atoms with van der Waals surface area (Å²) < 4.78 is 32.2. The van der Waals surface area contributed by atoms with Gasteiger partial charge in [-0.15, -0.1) is 11.3 Å². The lowest BCUT2D eigenvalue weighted by Gasteiger charge is -2.20. The van der Waals surface area contributed by atoms with Crippen LogP contribution in [0.5, 0.6) is 0 Å². The normalized spacial score (nSPS) is 12.5. The second-order valence-electron chi connectivity index (χ2n) is 6.94. The van der Waals surface area contributed by atoms with Crippen LogP contribution in [0.2, 0.25) is 0 Å². The molecular weight excluding hydrogens is 374 g/mol. The van der Waals surface area contributed by atoms with Gasteiger partial charge in [0.25, 0.3) is 0 Å². The number of aryl methyl sites for hydroxylation is 1. The van der Waals surface area contributed by atoms with Crippen molar-refractivity contribution in [3.8, 4) is 0 Å². The third-order valence-electron chi connectivity index (χ3n) is 3.43. The Bertz CT molecular complexity index is 1060. The smallest absolute Gasteiger partial charge is 0.421 e. The van der Waals surface area contributed by atoms with Crippen LogP contribution >= 0.6 is 11.3 Å². The Kier molecular flexibility index (Phi) is 4.61. The number of sulfone groups is 1. The molecule has 0 bridgehead atoms. The van der Waals surface area contributed by atoms with Gasteiger partial charge in [0.2, 0.25) is 15.0 Å². The highest BCUT2D eigenvalue weighted by atomic mass is 32.2. The molecule has 3 heterocycles. The minimum Gasteiger partial charge on any atom is -0.443 e. The maximum absolute atomic E-state index is 12.9. The standard InChI is InChI=1S/C17H19N3O4S2/c1-11-5-6-12(18-7-11)10-26(22,23)15-19-13-8-25-9-14(13)20(15)16(21)24-17(2,3)4/h5-9H,10H2,1-4H3. The molecule has 0 fully saturated rings. The summed E-state index contributed by atoms with van der Waals surface area (Å²) in [5.41, 5.74) is 1.41. The molecule has 0 aliphatic heterocycles. The fourth-order valence-electron chi connectivity index (χ4n) is 2.33. The number of pyridine rings is 1. The number of carbonyl (C=O) groups excluding carboxylic acids is 1. The number of thiophene rings is 1. The van der Waals surface area contributed by atoms with E-state index in [1.807, 2.05) is 6.92 Å². The number of rotatable bonds is 3. The summed E-state index contributed by atoms with van der Waals surface area (Å²) in [4.78, 5) is 20.9. The zero-order chi connectivity index (χ0) is 19.1. The summed E-state index contributed by atoms with van der Waals surface area (Å²) >= 11 is 1.34. The van der Waals surface area contributed by atoms with Gasteiger partial charge in [0.05, 0.1) is 11.2 Å². The number of hydrogen-bond acceptors (Lipinski definition) is 7. The number of imidazole rings is 1. The highest BCUT2D eigenvalue weighted by Gasteiger charge is 2.30. The molecule has 7 nitrogen and oxygen atoms in total. The molecular formula is C17H19N3O4S2. The summed E-state index contributed by atoms with van der Waals surface area (Å²) in [5.74, 6) is -0.348. The third-order valence-corrected chi connectivity index (χ3v) is 5.66. The summed E-state index contributed by atoms with van der Waals surface area (Å²) in [6.07, 6.45) is 0.831. The van der Waals surface area contributed by atoms with Crippen molar-refractivity contribution in [2.45, 2.75) is 44.2 Å². The van der Waals surface area contributed by atoms with Crippen LogP contribution in [0.25, 0.3) is 11.0 Å². The van der Waals surface area contributed by atoms with Crippen LogP contribution in [-0.4, -0.2) is 34.6 Å². The molecule has 0 N–H and O–H groups in total. The van der Waals surface area contributed by atoms with Crippen LogP contribution in [0.1, 0.15) is 32.0 Å². The molecule has 0 aromatic carbocycles. The number of nitrogens with zero attached hydrogens (tertiary/aromatic N) is 3. The molecule has 0 saturated carbocycles. The number of fused-ring (bicyclic) bond motifs is 1. The maximum Gasteiger partial charge on any atom is 0.421 e. The van der Waals surface area contributed by atoms with Gasteiger partial charge in [0.15, 0.2) is 0 Å². The molecule has 0 aliphatic rings. The van der Waals surface area contributed by atoms with Gasteiger partial charge in [-0.05, 0) is 39.3 Å². The summed E-state index contributed by atoms with van der Waals surface area (Å²) in [6.45, 7) is 7.03. The minimum absolute atomic E-state index is 0.327. The van der Waals surface area contributed by atoms with E-state index in [1.54, 1.807) is 49.9 Å². The Morgan fingerprint density at radius 3 is 2.62 bits per heavy atom. The van der Waals surface area contributed by atoms with Crippen molar-refractivity contribution in [1.82, 2.24) is 14.5 Å². The number of aromatic nitrogens is 3. The van der Waals surface area contributed by atoms with Crippen molar-refractivity contribution >= 4 is 38.3 Å². The molecule has 9 heteroatoms. The highest BCUT2D eigenvalue weighted by molar-refractivity contribution is 7.90. The van der Waals surface area contributed by atoms with Crippen LogP contribution in [0, 0.1) is 6.92 Å². The molecule has 3 aromatic rings. The fraction of sp³-hybridized carbons (Fsp3) is 0.353. The Morgan fingerprint density at radius 2 is 2.00 bits per heavy atom. The molecule has 26 heavy (non-hydrogen) atoms. The van der Waals surface area contributed by atoms with Crippen LogP contribution < -0.4 is 0 Å². The van der Waals surface area contributed by atoms with E-state index in [-0.39, 0.29) is 10.9 Å². The van der Waals surface area contributed by atoms with Gasteiger partial charge in [0.1, 0.15) is 16.9 Å². The first-order chi connectivity index (χ1) is 12.1. The Labute approximate surface area is 155 Å². The van der Waals surface area contributed by atoms with Crippen LogP contribution in [0.4, 0.5) is 4.79 Å². The quantitative estimate of drug-likeness (QED) is 0.676. The largest absolute Gasteiger partial charge is 0.443 e. The molecule has 0 atom stereocenters. The lowest BCUT2D eigenvalue weighted by Crippen LogP contribution is -2.29. The van der Waals surface area contributed by atoms with Crippen molar-refractivity contribution in [2.24, 2.45) is 0 Å². The Morgan fingerprint density at radius 1 is 1.27 bits per heavy atom. The topological polar surface area (TPSA) is 91.2 Å². The number of carbonyl (C=O) groups is 1. The van der Waals surface area contributed by atoms with E-state index in [0.29, 0.717) is 16.7 Å². The molecule has 0 aliphatic carbocycles. The average molecular weight is 393 g/mol. The van der Waals surface area contributed by atoms with Gasteiger partial charge in [-0.25, -0.2) is 22.8 Å². The number of ether oxygens (including phenoxy) is 1. The predicted molar refractivity (Wildman–Crippen MR) is 99.1 cm³/mol. The lowest BCUT2D eigenvalue weighted by atomic mass is 10.2. The van der Waals surface area contributed by atoms with Gasteiger partial charge in [0, 0.05) is 17.0 Å². The van der Waals surface area contributed by atoms with E-state index in [2.05, 4.69) is 9.97 Å². The SMILES string of the molecule is Cc1ccc(CS(=O)(=O)c2nc3cscc3n2C(=O)OC(C)(C)C)nc1. The second kappa shape index (κ2) is 6.48. The first-order valence-corrected chi connectivity index (χ1v) is 10.5. The van der Waals surface area contributed by atoms with E-state index in [9.17, 15) is 13.2 Å². The zero-order valence-corrected chi connectivity index (χ0v) is 16.5. The number of hydrogen-bond donors (Lipinski definition) is 0. The summed E-state index contributed by atoms with van der Waals surface area (Å²) in [7, 11) is -3.90. The van der Waals surface area contributed by atoms with Crippen molar-refractivity contribution in [3.63, 3.8) is 0 Å². The monoisotopic (exact) mass is 393 g/mol. The second-order valence-corrected chi connectivity index (χ2v) is 9.57. The molecule has 3 rings (SSSR count). The molecule has 0 radical (unpaired) electrons. The summed E-state index contributed by atoms with van der Waals surface area (Å²) in [6, 6.07) is 3.44. The van der Waals surface area contributed by atoms with E-state index in [4.69, 9.17) is 4.74 Å². The Balaban J connectivity index is 2.06. The molecule has 0 unspecified atom stereocenters. The molecule has 0 amide bonds. The van der Waals surface area contributed by atoms with Crippen molar-refractivity contribution < 1.29 is 17.9 Å². The van der Waals surface area contributed by atoms with Gasteiger partial charge in [-0.2, -0.15) is 0 Å². The van der Waals surface area contributed by atoms with E-state index in [0.717, 1.165) is 10.1 Å². The van der Waals surface area contributed by atoms with E-state index < -0.39 is 21.5 Å². The Hall–Kier alpha value is -2.26. The first kappa shape index (κ1) is 18.5. The van der Waals surface area contributed by atoms with Crippen molar-refractivity contribution in [1.29, 1.82) is 0 Å². The van der Waals surface area contributed by atoms with Crippen molar-refractivity contribution in [3.05, 3.63) is 40.3 Å². The van der Waals surface area contributed by atoms with Gasteiger partial charge >= 0.3 is 6.09 Å². The lowest BCUT2D eigenvalue weighted by molar-refractivity contribution is 0.0528. The minimum atomic E-state index is -3.90. The van der Waals surface area contributed by atoms with E-state index in [1.165, 1.54) is 11.3 Å².